The zero-order valence-electron chi connectivity index (χ0n) is 15.1. The van der Waals surface area contributed by atoms with Crippen LogP contribution in [-0.2, 0) is 4.43 Å². The third-order valence-corrected chi connectivity index (χ3v) is 9.13. The van der Waals surface area contributed by atoms with Crippen LogP contribution in [0.5, 0.6) is 0 Å². The first-order valence-corrected chi connectivity index (χ1v) is 10.4. The van der Waals surface area contributed by atoms with Gasteiger partial charge in [0.25, 0.3) is 0 Å². The van der Waals surface area contributed by atoms with Crippen LogP contribution in [0.1, 0.15) is 34.1 Å². The zero-order chi connectivity index (χ0) is 17.6. The second-order valence-corrected chi connectivity index (χ2v) is 11.5. The minimum atomic E-state index is -2.49. The monoisotopic (exact) mass is 340 g/mol. The SMILES string of the molecule is C[C@H](O)CC=CO[Si](c1ccccc1)(c1ccccc1)C(C)(C)C. The summed E-state index contributed by atoms with van der Waals surface area (Å²) in [4.78, 5) is 0. The smallest absolute Gasteiger partial charge is 0.319 e. The van der Waals surface area contributed by atoms with Crippen LogP contribution < -0.4 is 10.4 Å². The van der Waals surface area contributed by atoms with E-state index in [0.29, 0.717) is 6.42 Å². The Morgan fingerprint density at radius 3 is 1.79 bits per heavy atom. The van der Waals surface area contributed by atoms with Crippen LogP contribution in [0.3, 0.4) is 0 Å². The summed E-state index contributed by atoms with van der Waals surface area (Å²) in [5.74, 6) is 0. The molecule has 0 bridgehead atoms. The van der Waals surface area contributed by atoms with Gasteiger partial charge >= 0.3 is 8.32 Å². The predicted octanol–water partition coefficient (Wildman–Crippen LogP) is 3.85. The quantitative estimate of drug-likeness (QED) is 0.639. The first-order chi connectivity index (χ1) is 11.4. The fourth-order valence-electron chi connectivity index (χ4n) is 3.09. The molecule has 0 spiro atoms. The topological polar surface area (TPSA) is 29.5 Å². The number of rotatable bonds is 6. The minimum absolute atomic E-state index is 0.0368. The lowest BCUT2D eigenvalue weighted by atomic mass is 10.2. The first kappa shape index (κ1) is 18.5. The number of hydrogen-bond acceptors (Lipinski definition) is 2. The maximum absolute atomic E-state index is 9.48. The van der Waals surface area contributed by atoms with Gasteiger partial charge in [0.1, 0.15) is 0 Å². The van der Waals surface area contributed by atoms with Crippen molar-refractivity contribution in [3.8, 4) is 0 Å². The average molecular weight is 341 g/mol. The summed E-state index contributed by atoms with van der Waals surface area (Å²) in [6.07, 6.45) is 3.95. The molecule has 0 radical (unpaired) electrons. The molecule has 0 aromatic heterocycles. The van der Waals surface area contributed by atoms with E-state index in [-0.39, 0.29) is 11.1 Å². The lowest BCUT2D eigenvalue weighted by molar-refractivity contribution is 0.198. The molecule has 0 saturated carbocycles. The molecule has 0 heterocycles. The second-order valence-electron chi connectivity index (χ2n) is 7.24. The van der Waals surface area contributed by atoms with E-state index < -0.39 is 8.32 Å². The van der Waals surface area contributed by atoms with Crippen molar-refractivity contribution in [2.45, 2.75) is 45.3 Å². The van der Waals surface area contributed by atoms with Crippen molar-refractivity contribution in [1.82, 2.24) is 0 Å². The molecular formula is C21H28O2Si. The highest BCUT2D eigenvalue weighted by molar-refractivity contribution is 6.99. The van der Waals surface area contributed by atoms with E-state index in [1.807, 2.05) is 18.2 Å². The molecule has 0 saturated heterocycles. The zero-order valence-corrected chi connectivity index (χ0v) is 16.1. The van der Waals surface area contributed by atoms with Crippen LogP contribution in [0.2, 0.25) is 5.04 Å². The van der Waals surface area contributed by atoms with E-state index in [1.165, 1.54) is 10.4 Å². The van der Waals surface area contributed by atoms with Gasteiger partial charge < -0.3 is 9.53 Å². The van der Waals surface area contributed by atoms with Crippen molar-refractivity contribution in [3.05, 3.63) is 73.0 Å². The van der Waals surface area contributed by atoms with E-state index in [0.717, 1.165) is 0 Å². The Bertz CT molecular complexity index is 603. The van der Waals surface area contributed by atoms with Crippen LogP contribution in [0.15, 0.2) is 73.0 Å². The Hall–Kier alpha value is -1.84. The Labute approximate surface area is 146 Å². The Balaban J connectivity index is 2.55. The van der Waals surface area contributed by atoms with Gasteiger partial charge in [0, 0.05) is 0 Å². The number of benzene rings is 2. The van der Waals surface area contributed by atoms with Crippen LogP contribution in [0, 0.1) is 0 Å². The largest absolute Gasteiger partial charge is 0.540 e. The molecule has 2 rings (SSSR count). The van der Waals surface area contributed by atoms with Crippen molar-refractivity contribution in [1.29, 1.82) is 0 Å². The molecule has 0 unspecified atom stereocenters. The second kappa shape index (κ2) is 7.82. The maximum atomic E-state index is 9.48. The Morgan fingerprint density at radius 1 is 0.958 bits per heavy atom. The summed E-state index contributed by atoms with van der Waals surface area (Å²) in [6, 6.07) is 21.1. The van der Waals surface area contributed by atoms with Crippen molar-refractivity contribution < 1.29 is 9.53 Å². The van der Waals surface area contributed by atoms with Crippen LogP contribution >= 0.6 is 0 Å². The molecule has 24 heavy (non-hydrogen) atoms. The molecular weight excluding hydrogens is 312 g/mol. The summed E-state index contributed by atoms with van der Waals surface area (Å²) in [5, 5.41) is 12.0. The number of aliphatic hydroxyl groups excluding tert-OH is 1. The number of hydrogen-bond donors (Lipinski definition) is 1. The van der Waals surface area contributed by atoms with Gasteiger partial charge in [-0.1, -0.05) is 81.4 Å². The van der Waals surface area contributed by atoms with Gasteiger partial charge in [-0.05, 0) is 34.8 Å². The normalized spacial score (nSPS) is 13.9. The standard InChI is InChI=1S/C21H28O2Si/c1-18(22)12-11-17-23-24(21(2,3)4,19-13-7-5-8-14-19)20-15-9-6-10-16-20/h5-11,13-18,22H,12H2,1-4H3/t18-/m0/s1. The maximum Gasteiger partial charge on any atom is 0.319 e. The van der Waals surface area contributed by atoms with Crippen molar-refractivity contribution in [3.63, 3.8) is 0 Å². The summed E-state index contributed by atoms with van der Waals surface area (Å²) >= 11 is 0. The molecule has 0 aliphatic heterocycles. The third kappa shape index (κ3) is 3.97. The van der Waals surface area contributed by atoms with E-state index >= 15 is 0 Å². The van der Waals surface area contributed by atoms with Gasteiger partial charge in [0.05, 0.1) is 12.4 Å². The summed E-state index contributed by atoms with van der Waals surface area (Å²) in [6.45, 7) is 8.54. The van der Waals surface area contributed by atoms with E-state index in [4.69, 9.17) is 4.43 Å². The Morgan fingerprint density at radius 2 is 1.42 bits per heavy atom. The third-order valence-electron chi connectivity index (χ3n) is 4.24. The van der Waals surface area contributed by atoms with E-state index in [2.05, 4.69) is 69.3 Å². The first-order valence-electron chi connectivity index (χ1n) is 8.50. The summed E-state index contributed by atoms with van der Waals surface area (Å²) in [5.41, 5.74) is 0. The molecule has 0 aliphatic carbocycles. The molecule has 0 amide bonds. The molecule has 0 aliphatic rings. The van der Waals surface area contributed by atoms with Crippen LogP contribution in [0.4, 0.5) is 0 Å². The van der Waals surface area contributed by atoms with E-state index in [9.17, 15) is 5.11 Å². The molecule has 3 heteroatoms. The average Bonchev–Trinajstić information content (AvgIpc) is 2.55. The molecule has 0 fully saturated rings. The van der Waals surface area contributed by atoms with E-state index in [1.54, 1.807) is 13.2 Å². The highest BCUT2D eigenvalue weighted by Gasteiger charge is 2.51. The highest BCUT2D eigenvalue weighted by atomic mass is 28.4. The van der Waals surface area contributed by atoms with Gasteiger partial charge in [-0.3, -0.25) is 0 Å². The molecule has 2 nitrogen and oxygen atoms in total. The predicted molar refractivity (Wildman–Crippen MR) is 104 cm³/mol. The lowest BCUT2D eigenvalue weighted by Gasteiger charge is -2.41. The Kier molecular flexibility index (Phi) is 6.03. The van der Waals surface area contributed by atoms with Crippen molar-refractivity contribution in [2.75, 3.05) is 0 Å². The number of aliphatic hydroxyl groups is 1. The van der Waals surface area contributed by atoms with Crippen LogP contribution in [-0.4, -0.2) is 19.5 Å². The van der Waals surface area contributed by atoms with Crippen molar-refractivity contribution in [2.24, 2.45) is 0 Å². The minimum Gasteiger partial charge on any atom is -0.540 e. The van der Waals surface area contributed by atoms with Gasteiger partial charge in [-0.15, -0.1) is 0 Å². The molecule has 2 aromatic carbocycles. The van der Waals surface area contributed by atoms with Gasteiger partial charge in [-0.2, -0.15) is 0 Å². The summed E-state index contributed by atoms with van der Waals surface area (Å²) in [7, 11) is -2.49. The fraction of sp³-hybridized carbons (Fsp3) is 0.333. The van der Waals surface area contributed by atoms with Gasteiger partial charge in [0.15, 0.2) is 0 Å². The molecule has 128 valence electrons. The summed E-state index contributed by atoms with van der Waals surface area (Å²) < 4.78 is 6.56. The van der Waals surface area contributed by atoms with Crippen molar-refractivity contribution >= 4 is 18.7 Å². The molecule has 2 aromatic rings. The molecule has 1 atom stereocenters. The van der Waals surface area contributed by atoms with Gasteiger partial charge in [0.2, 0.25) is 0 Å². The highest BCUT2D eigenvalue weighted by Crippen LogP contribution is 2.36. The fourth-order valence-corrected chi connectivity index (χ4v) is 7.41. The molecule has 1 N–H and O–H groups in total. The lowest BCUT2D eigenvalue weighted by Crippen LogP contribution is -2.65. The van der Waals surface area contributed by atoms with Crippen LogP contribution in [0.25, 0.3) is 0 Å². The van der Waals surface area contributed by atoms with Gasteiger partial charge in [-0.25, -0.2) is 0 Å².